The lowest BCUT2D eigenvalue weighted by atomic mass is 9.85. The lowest BCUT2D eigenvalue weighted by Crippen LogP contribution is -2.32. The Morgan fingerprint density at radius 3 is 2.59 bits per heavy atom. The second-order valence-corrected chi connectivity index (χ2v) is 6.46. The van der Waals surface area contributed by atoms with Crippen LogP contribution < -0.4 is 10.6 Å². The first-order valence-corrected chi connectivity index (χ1v) is 8.34. The normalized spacial score (nSPS) is 14.3. The Balaban J connectivity index is 2.15. The molecule has 0 bridgehead atoms. The van der Waals surface area contributed by atoms with E-state index in [0.717, 1.165) is 19.3 Å². The molecule has 1 aromatic carbocycles. The van der Waals surface area contributed by atoms with Crippen molar-refractivity contribution in [1.29, 1.82) is 0 Å². The van der Waals surface area contributed by atoms with Crippen molar-refractivity contribution >= 4 is 40.7 Å². The highest BCUT2D eigenvalue weighted by Gasteiger charge is 2.21. The van der Waals surface area contributed by atoms with Crippen molar-refractivity contribution in [3.8, 4) is 0 Å². The van der Waals surface area contributed by atoms with Crippen LogP contribution in [0.4, 0.5) is 5.69 Å². The summed E-state index contributed by atoms with van der Waals surface area (Å²) in [6.45, 7) is 2.56. The number of nitrogens with one attached hydrogen (secondary N) is 2. The lowest BCUT2D eigenvalue weighted by Gasteiger charge is -2.25. The Morgan fingerprint density at radius 1 is 1.27 bits per heavy atom. The van der Waals surface area contributed by atoms with Crippen LogP contribution in [-0.2, 0) is 4.79 Å². The molecule has 4 nitrogen and oxygen atoms in total. The van der Waals surface area contributed by atoms with E-state index in [-0.39, 0.29) is 16.8 Å². The Morgan fingerprint density at radius 2 is 2.00 bits per heavy atom. The standard InChI is InChI=1S/C16H20Cl2N2O2/c1-2-4-14(21)20-15-12(7-11(17)8-13(15)18)16(22)19-9-10-5-3-6-10/h7-8,10H,2-6,9H2,1H3,(H,19,22)(H,20,21). The van der Waals surface area contributed by atoms with E-state index in [1.54, 1.807) is 0 Å². The molecule has 0 unspecified atom stereocenters. The molecule has 1 aromatic rings. The van der Waals surface area contributed by atoms with Gasteiger partial charge in [-0.25, -0.2) is 0 Å². The summed E-state index contributed by atoms with van der Waals surface area (Å²) in [6.07, 6.45) is 4.62. The molecule has 2 rings (SSSR count). The van der Waals surface area contributed by atoms with Crippen LogP contribution in [0.2, 0.25) is 10.0 Å². The van der Waals surface area contributed by atoms with E-state index in [4.69, 9.17) is 23.2 Å². The van der Waals surface area contributed by atoms with Crippen LogP contribution >= 0.6 is 23.2 Å². The van der Waals surface area contributed by atoms with Gasteiger partial charge in [-0.3, -0.25) is 9.59 Å². The summed E-state index contributed by atoms with van der Waals surface area (Å²) in [6, 6.07) is 3.05. The fraction of sp³-hybridized carbons (Fsp3) is 0.500. The second-order valence-electron chi connectivity index (χ2n) is 5.62. The highest BCUT2D eigenvalue weighted by molar-refractivity contribution is 6.38. The number of hydrogen-bond acceptors (Lipinski definition) is 2. The number of amides is 2. The molecule has 2 N–H and O–H groups in total. The van der Waals surface area contributed by atoms with Crippen LogP contribution in [0.3, 0.4) is 0 Å². The minimum absolute atomic E-state index is 0.167. The molecule has 2 amide bonds. The number of carbonyl (C=O) groups excluding carboxylic acids is 2. The smallest absolute Gasteiger partial charge is 0.253 e. The van der Waals surface area contributed by atoms with Gasteiger partial charge in [0.15, 0.2) is 0 Å². The highest BCUT2D eigenvalue weighted by atomic mass is 35.5. The molecular weight excluding hydrogens is 323 g/mol. The maximum absolute atomic E-state index is 12.4. The van der Waals surface area contributed by atoms with Gasteiger partial charge in [0.2, 0.25) is 5.91 Å². The third-order valence-electron chi connectivity index (χ3n) is 3.82. The van der Waals surface area contributed by atoms with Crippen LogP contribution in [0, 0.1) is 5.92 Å². The predicted molar refractivity (Wildman–Crippen MR) is 89.7 cm³/mol. The van der Waals surface area contributed by atoms with Crippen LogP contribution in [0.25, 0.3) is 0 Å². The fourth-order valence-corrected chi connectivity index (χ4v) is 2.88. The zero-order valence-corrected chi connectivity index (χ0v) is 14.1. The van der Waals surface area contributed by atoms with E-state index in [0.29, 0.717) is 35.2 Å². The average molecular weight is 343 g/mol. The van der Waals surface area contributed by atoms with E-state index in [2.05, 4.69) is 10.6 Å². The summed E-state index contributed by atoms with van der Waals surface area (Å²) < 4.78 is 0. The third kappa shape index (κ3) is 4.37. The topological polar surface area (TPSA) is 58.2 Å². The quantitative estimate of drug-likeness (QED) is 0.811. The molecule has 0 radical (unpaired) electrons. The monoisotopic (exact) mass is 342 g/mol. The summed E-state index contributed by atoms with van der Waals surface area (Å²) >= 11 is 12.1. The molecule has 22 heavy (non-hydrogen) atoms. The van der Waals surface area contributed by atoms with Crippen molar-refractivity contribution < 1.29 is 9.59 Å². The van der Waals surface area contributed by atoms with E-state index >= 15 is 0 Å². The zero-order valence-electron chi connectivity index (χ0n) is 12.5. The van der Waals surface area contributed by atoms with Crippen LogP contribution in [-0.4, -0.2) is 18.4 Å². The molecular formula is C16H20Cl2N2O2. The largest absolute Gasteiger partial charge is 0.352 e. The number of benzene rings is 1. The molecule has 1 aliphatic rings. The molecule has 1 saturated carbocycles. The summed E-state index contributed by atoms with van der Waals surface area (Å²) in [4.78, 5) is 24.2. The Labute approximate surface area is 140 Å². The number of hydrogen-bond donors (Lipinski definition) is 2. The van der Waals surface area contributed by atoms with Gasteiger partial charge >= 0.3 is 0 Å². The Bertz CT molecular complexity index is 572. The molecule has 120 valence electrons. The van der Waals surface area contributed by atoms with Crippen molar-refractivity contribution in [1.82, 2.24) is 5.32 Å². The Kier molecular flexibility index (Phi) is 6.09. The van der Waals surface area contributed by atoms with Gasteiger partial charge in [0.05, 0.1) is 16.3 Å². The first-order valence-electron chi connectivity index (χ1n) is 7.58. The molecule has 0 heterocycles. The van der Waals surface area contributed by atoms with Gasteiger partial charge in [-0.1, -0.05) is 36.5 Å². The van der Waals surface area contributed by atoms with Crippen molar-refractivity contribution in [2.75, 3.05) is 11.9 Å². The molecule has 1 aliphatic carbocycles. The summed E-state index contributed by atoms with van der Waals surface area (Å²) in [7, 11) is 0. The van der Waals surface area contributed by atoms with Gasteiger partial charge in [-0.15, -0.1) is 0 Å². The number of rotatable bonds is 6. The van der Waals surface area contributed by atoms with Crippen molar-refractivity contribution in [3.63, 3.8) is 0 Å². The van der Waals surface area contributed by atoms with Gasteiger partial charge in [0.1, 0.15) is 0 Å². The zero-order chi connectivity index (χ0) is 16.1. The highest BCUT2D eigenvalue weighted by Crippen LogP contribution is 2.31. The van der Waals surface area contributed by atoms with Crippen LogP contribution in [0.5, 0.6) is 0 Å². The van der Waals surface area contributed by atoms with Crippen molar-refractivity contribution in [3.05, 3.63) is 27.7 Å². The van der Waals surface area contributed by atoms with Crippen LogP contribution in [0.15, 0.2) is 12.1 Å². The van der Waals surface area contributed by atoms with E-state index in [1.807, 2.05) is 6.92 Å². The number of halogens is 2. The predicted octanol–water partition coefficient (Wildman–Crippen LogP) is 4.26. The maximum Gasteiger partial charge on any atom is 0.253 e. The van der Waals surface area contributed by atoms with Gasteiger partial charge in [-0.05, 0) is 37.3 Å². The summed E-state index contributed by atoms with van der Waals surface area (Å²) in [5.41, 5.74) is 0.636. The van der Waals surface area contributed by atoms with Gasteiger partial charge in [0, 0.05) is 18.0 Å². The van der Waals surface area contributed by atoms with E-state index < -0.39 is 0 Å². The first-order chi connectivity index (χ1) is 10.5. The molecule has 0 aliphatic heterocycles. The van der Waals surface area contributed by atoms with Crippen molar-refractivity contribution in [2.24, 2.45) is 5.92 Å². The molecule has 6 heteroatoms. The van der Waals surface area contributed by atoms with Gasteiger partial charge < -0.3 is 10.6 Å². The molecule has 1 fully saturated rings. The van der Waals surface area contributed by atoms with Gasteiger partial charge in [-0.2, -0.15) is 0 Å². The second kappa shape index (κ2) is 7.84. The molecule has 0 spiro atoms. The maximum atomic E-state index is 12.4. The molecule has 0 atom stereocenters. The summed E-state index contributed by atoms with van der Waals surface area (Å²) in [5, 5.41) is 6.24. The van der Waals surface area contributed by atoms with Crippen molar-refractivity contribution in [2.45, 2.75) is 39.0 Å². The fourth-order valence-electron chi connectivity index (χ4n) is 2.34. The average Bonchev–Trinajstić information content (AvgIpc) is 2.40. The Hall–Kier alpha value is -1.26. The lowest BCUT2D eigenvalue weighted by molar-refractivity contribution is -0.116. The van der Waals surface area contributed by atoms with E-state index in [1.165, 1.54) is 18.6 Å². The SMILES string of the molecule is CCCC(=O)Nc1c(Cl)cc(Cl)cc1C(=O)NCC1CCC1. The third-order valence-corrected chi connectivity index (χ3v) is 4.33. The van der Waals surface area contributed by atoms with Gasteiger partial charge in [0.25, 0.3) is 5.91 Å². The molecule has 0 aromatic heterocycles. The minimum Gasteiger partial charge on any atom is -0.352 e. The number of anilines is 1. The van der Waals surface area contributed by atoms with Crippen LogP contribution in [0.1, 0.15) is 49.4 Å². The first kappa shape index (κ1) is 17.1. The molecule has 0 saturated heterocycles. The minimum atomic E-state index is -0.261. The number of carbonyl (C=O) groups is 2. The van der Waals surface area contributed by atoms with E-state index in [9.17, 15) is 9.59 Å². The summed E-state index contributed by atoms with van der Waals surface area (Å²) in [5.74, 6) is 0.125.